The number of hydrogen-bond acceptors (Lipinski definition) is 3. The number of alkyl halides is 2. The highest BCUT2D eigenvalue weighted by molar-refractivity contribution is 8.04. The minimum absolute atomic E-state index is 0.224. The van der Waals surface area contributed by atoms with Gasteiger partial charge in [0.05, 0.1) is 0 Å². The first kappa shape index (κ1) is 12.9. The highest BCUT2D eigenvalue weighted by Crippen LogP contribution is 2.50. The van der Waals surface area contributed by atoms with Gasteiger partial charge in [0.25, 0.3) is 0 Å². The highest BCUT2D eigenvalue weighted by Gasteiger charge is 2.37. The van der Waals surface area contributed by atoms with Crippen molar-refractivity contribution in [2.24, 2.45) is 0 Å². The average molecular weight is 291 g/mol. The van der Waals surface area contributed by atoms with Crippen molar-refractivity contribution in [1.82, 2.24) is 0 Å². The molecule has 0 aromatic heterocycles. The van der Waals surface area contributed by atoms with Gasteiger partial charge in [-0.2, -0.15) is 0 Å². The molecule has 2 N–H and O–H groups in total. The molecule has 2 atom stereocenters. The molecule has 2 aliphatic carbocycles. The molecule has 2 rings (SSSR count). The lowest BCUT2D eigenvalue weighted by Gasteiger charge is -2.33. The molecule has 0 aliphatic heterocycles. The van der Waals surface area contributed by atoms with Crippen LogP contribution in [0.2, 0.25) is 0 Å². The van der Waals surface area contributed by atoms with Crippen LogP contribution in [0.25, 0.3) is 0 Å². The van der Waals surface area contributed by atoms with E-state index in [1.807, 2.05) is 0 Å². The second kappa shape index (κ2) is 4.63. The number of hydrogen-bond donors (Lipinski definition) is 2. The van der Waals surface area contributed by atoms with Crippen molar-refractivity contribution in [1.29, 1.82) is 0 Å². The van der Waals surface area contributed by atoms with Gasteiger partial charge in [0.2, 0.25) is 0 Å². The van der Waals surface area contributed by atoms with Gasteiger partial charge in [0, 0.05) is 12.8 Å². The molecule has 2 nitrogen and oxygen atoms in total. The van der Waals surface area contributed by atoms with Gasteiger partial charge in [0.15, 0.2) is 0 Å². The Morgan fingerprint density at radius 1 is 0.941 bits per heavy atom. The monoisotopic (exact) mass is 290 g/mol. The van der Waals surface area contributed by atoms with Crippen LogP contribution in [0, 0.1) is 0 Å². The molecule has 0 fully saturated rings. The summed E-state index contributed by atoms with van der Waals surface area (Å²) in [5.41, 5.74) is 0. The molecule has 0 heterocycles. The van der Waals surface area contributed by atoms with Crippen LogP contribution in [-0.4, -0.2) is 18.6 Å². The second-order valence-electron chi connectivity index (χ2n) is 4.01. The summed E-state index contributed by atoms with van der Waals surface area (Å²) in [5, 5.41) is 18.5. The maximum Gasteiger partial charge on any atom is 0.114 e. The molecule has 2 unspecified atom stereocenters. The van der Waals surface area contributed by atoms with Crippen LogP contribution in [0.3, 0.4) is 0 Å². The molecule has 0 spiro atoms. The lowest BCUT2D eigenvalue weighted by molar-refractivity contribution is 0.426. The molecule has 0 amide bonds. The van der Waals surface area contributed by atoms with E-state index >= 15 is 0 Å². The zero-order chi connectivity index (χ0) is 12.5. The van der Waals surface area contributed by atoms with Crippen LogP contribution in [0.1, 0.15) is 12.8 Å². The van der Waals surface area contributed by atoms with Crippen molar-refractivity contribution in [2.45, 2.75) is 21.3 Å². The van der Waals surface area contributed by atoms with E-state index in [1.54, 1.807) is 36.5 Å². The fourth-order valence-electron chi connectivity index (χ4n) is 1.61. The Morgan fingerprint density at radius 2 is 1.35 bits per heavy atom. The molecular weight excluding hydrogens is 279 g/mol. The average Bonchev–Trinajstić information content (AvgIpc) is 2.28. The zero-order valence-corrected chi connectivity index (χ0v) is 11.3. The molecule has 17 heavy (non-hydrogen) atoms. The topological polar surface area (TPSA) is 40.5 Å². The smallest absolute Gasteiger partial charge is 0.114 e. The first-order valence-electron chi connectivity index (χ1n) is 5.16. The maximum atomic E-state index is 9.26. The van der Waals surface area contributed by atoms with Crippen molar-refractivity contribution >= 4 is 35.0 Å². The quantitative estimate of drug-likeness (QED) is 0.741. The predicted octanol–water partition coefficient (Wildman–Crippen LogP) is 4.39. The molecule has 0 radical (unpaired) electrons. The Hall–Kier alpha value is -0.510. The Bertz CT molecular complexity index is 402. The third-order valence-electron chi connectivity index (χ3n) is 2.52. The van der Waals surface area contributed by atoms with Crippen molar-refractivity contribution in [3.05, 3.63) is 48.0 Å². The summed E-state index contributed by atoms with van der Waals surface area (Å²) in [6.45, 7) is 0. The van der Waals surface area contributed by atoms with E-state index in [2.05, 4.69) is 0 Å². The van der Waals surface area contributed by atoms with Crippen LogP contribution in [-0.2, 0) is 0 Å². The van der Waals surface area contributed by atoms with E-state index in [0.29, 0.717) is 12.8 Å². The predicted molar refractivity (Wildman–Crippen MR) is 73.7 cm³/mol. The van der Waals surface area contributed by atoms with E-state index in [1.165, 1.54) is 11.8 Å². The summed E-state index contributed by atoms with van der Waals surface area (Å²) in [5.74, 6) is 0.449. The molecule has 5 heteroatoms. The largest absolute Gasteiger partial charge is 0.508 e. The van der Waals surface area contributed by atoms with E-state index in [0.717, 1.165) is 0 Å². The van der Waals surface area contributed by atoms with Gasteiger partial charge in [-0.3, -0.25) is 0 Å². The lowest BCUT2D eigenvalue weighted by Crippen LogP contribution is -2.25. The molecule has 92 valence electrons. The summed E-state index contributed by atoms with van der Waals surface area (Å²) >= 11 is 14.2. The Morgan fingerprint density at radius 3 is 1.65 bits per heavy atom. The first-order valence-corrected chi connectivity index (χ1v) is 6.73. The number of rotatable bonds is 2. The summed E-state index contributed by atoms with van der Waals surface area (Å²) in [7, 11) is 0. The molecule has 2 aliphatic rings. The number of aliphatic hydroxyl groups is 2. The molecule has 0 aromatic rings. The Labute approximate surface area is 114 Å². The fraction of sp³-hybridized carbons (Fsp3) is 0.333. The Kier molecular flexibility index (Phi) is 3.53. The molecule has 0 bridgehead atoms. The van der Waals surface area contributed by atoms with Crippen LogP contribution < -0.4 is 0 Å². The zero-order valence-electron chi connectivity index (χ0n) is 8.94. The molecular formula is C12H12Cl2O2S. The summed E-state index contributed by atoms with van der Waals surface area (Å²) in [6, 6.07) is 0. The van der Waals surface area contributed by atoms with E-state index < -0.39 is 8.41 Å². The summed E-state index contributed by atoms with van der Waals surface area (Å²) in [6.07, 6.45) is 11.0. The number of aliphatic hydroxyl groups excluding tert-OH is 2. The Balaban J connectivity index is 2.07. The van der Waals surface area contributed by atoms with E-state index in [9.17, 15) is 10.2 Å². The maximum absolute atomic E-state index is 9.26. The van der Waals surface area contributed by atoms with Gasteiger partial charge in [-0.25, -0.2) is 0 Å². The normalized spacial score (nSPS) is 36.6. The van der Waals surface area contributed by atoms with Gasteiger partial charge in [0.1, 0.15) is 19.9 Å². The second-order valence-corrected chi connectivity index (χ2v) is 7.47. The van der Waals surface area contributed by atoms with Crippen LogP contribution in [0.15, 0.2) is 48.0 Å². The van der Waals surface area contributed by atoms with E-state index in [4.69, 9.17) is 23.2 Å². The van der Waals surface area contributed by atoms with Crippen molar-refractivity contribution in [3.8, 4) is 0 Å². The van der Waals surface area contributed by atoms with E-state index in [-0.39, 0.29) is 11.5 Å². The minimum Gasteiger partial charge on any atom is -0.508 e. The van der Waals surface area contributed by atoms with Crippen molar-refractivity contribution < 1.29 is 10.2 Å². The third kappa shape index (κ3) is 3.24. The summed E-state index contributed by atoms with van der Waals surface area (Å²) < 4.78 is -1.31. The molecule has 0 saturated carbocycles. The minimum atomic E-state index is -0.654. The molecule has 0 saturated heterocycles. The molecule has 0 aromatic carbocycles. The number of halogens is 2. The SMILES string of the molecule is OC1=CCC(Cl)(SC2(Cl)C=CC(O)=CC2)C=C1. The highest BCUT2D eigenvalue weighted by atomic mass is 35.5. The van der Waals surface area contributed by atoms with Gasteiger partial charge >= 0.3 is 0 Å². The van der Waals surface area contributed by atoms with Crippen LogP contribution in [0.4, 0.5) is 0 Å². The van der Waals surface area contributed by atoms with Gasteiger partial charge in [-0.05, 0) is 36.5 Å². The number of allylic oxidation sites excluding steroid dienone is 4. The van der Waals surface area contributed by atoms with Crippen LogP contribution >= 0.6 is 35.0 Å². The van der Waals surface area contributed by atoms with Gasteiger partial charge in [-0.15, -0.1) is 35.0 Å². The summed E-state index contributed by atoms with van der Waals surface area (Å²) in [4.78, 5) is 0. The lowest BCUT2D eigenvalue weighted by atomic mass is 10.1. The fourth-order valence-corrected chi connectivity index (χ4v) is 4.01. The van der Waals surface area contributed by atoms with Crippen LogP contribution in [0.5, 0.6) is 0 Å². The van der Waals surface area contributed by atoms with Crippen molar-refractivity contribution in [2.75, 3.05) is 0 Å². The van der Waals surface area contributed by atoms with Gasteiger partial charge < -0.3 is 10.2 Å². The van der Waals surface area contributed by atoms with Crippen molar-refractivity contribution in [3.63, 3.8) is 0 Å². The number of thioether (sulfide) groups is 1. The van der Waals surface area contributed by atoms with Gasteiger partial charge in [-0.1, -0.05) is 0 Å². The third-order valence-corrected chi connectivity index (χ3v) is 4.83. The standard InChI is InChI=1S/C12H12Cl2O2S/c13-11(5-1-9(15)2-6-11)17-12(14)7-3-10(16)4-8-12/h1-5,7,15-16H,6,8H2. The first-order chi connectivity index (χ1) is 7.91.